The van der Waals surface area contributed by atoms with Crippen LogP contribution in [-0.4, -0.2) is 4.98 Å². The van der Waals surface area contributed by atoms with E-state index in [1.54, 1.807) is 0 Å². The highest BCUT2D eigenvalue weighted by molar-refractivity contribution is 5.21. The third kappa shape index (κ3) is 2.97. The van der Waals surface area contributed by atoms with Crippen molar-refractivity contribution in [3.8, 4) is 0 Å². The van der Waals surface area contributed by atoms with Crippen molar-refractivity contribution in [3.63, 3.8) is 0 Å². The van der Waals surface area contributed by atoms with Crippen molar-refractivity contribution in [3.05, 3.63) is 29.6 Å². The minimum atomic E-state index is -4.31. The van der Waals surface area contributed by atoms with Gasteiger partial charge in [0, 0.05) is 17.3 Å². The van der Waals surface area contributed by atoms with Crippen molar-refractivity contribution in [2.24, 2.45) is 0 Å². The zero-order valence-electron chi connectivity index (χ0n) is 9.73. The fourth-order valence-corrected chi connectivity index (χ4v) is 1.71. The van der Waals surface area contributed by atoms with Gasteiger partial charge in [-0.2, -0.15) is 13.2 Å². The molecule has 0 radical (unpaired) electrons. The first kappa shape index (κ1) is 13.0. The minimum absolute atomic E-state index is 0.168. The summed E-state index contributed by atoms with van der Waals surface area (Å²) in [4.78, 5) is 3.92. The summed E-state index contributed by atoms with van der Waals surface area (Å²) in [6, 6.07) is 2.57. The average Bonchev–Trinajstić information content (AvgIpc) is 2.16. The van der Waals surface area contributed by atoms with Gasteiger partial charge in [-0.1, -0.05) is 27.2 Å². The van der Waals surface area contributed by atoms with Gasteiger partial charge in [-0.05, 0) is 18.6 Å². The monoisotopic (exact) mass is 231 g/mol. The van der Waals surface area contributed by atoms with Crippen LogP contribution in [0.1, 0.15) is 44.9 Å². The van der Waals surface area contributed by atoms with Crippen LogP contribution >= 0.6 is 0 Å². The van der Waals surface area contributed by atoms with Crippen LogP contribution in [0.25, 0.3) is 0 Å². The van der Waals surface area contributed by atoms with Gasteiger partial charge in [-0.3, -0.25) is 4.98 Å². The Kier molecular flexibility index (Phi) is 3.61. The molecule has 0 aromatic carbocycles. The van der Waals surface area contributed by atoms with Crippen LogP contribution in [0, 0.1) is 0 Å². The highest BCUT2D eigenvalue weighted by Crippen LogP contribution is 2.31. The number of pyridine rings is 1. The predicted octanol–water partition coefficient (Wildman–Crippen LogP) is 4.18. The van der Waals surface area contributed by atoms with E-state index in [4.69, 9.17) is 0 Å². The molecule has 4 heteroatoms. The van der Waals surface area contributed by atoms with Crippen LogP contribution in [0.2, 0.25) is 0 Å². The van der Waals surface area contributed by atoms with Crippen LogP contribution in [0.3, 0.4) is 0 Å². The van der Waals surface area contributed by atoms with Gasteiger partial charge in [0.25, 0.3) is 0 Å². The van der Waals surface area contributed by atoms with Gasteiger partial charge < -0.3 is 0 Å². The molecule has 90 valence electrons. The SMILES string of the molecule is CCCC(C)(C)c1ccc(C(F)(F)F)cn1. The number of aromatic nitrogens is 1. The highest BCUT2D eigenvalue weighted by Gasteiger charge is 2.31. The number of hydrogen-bond acceptors (Lipinski definition) is 1. The highest BCUT2D eigenvalue weighted by atomic mass is 19.4. The second-order valence-corrected chi connectivity index (χ2v) is 4.56. The van der Waals surface area contributed by atoms with Crippen LogP contribution in [-0.2, 0) is 11.6 Å². The van der Waals surface area contributed by atoms with Crippen molar-refractivity contribution < 1.29 is 13.2 Å². The van der Waals surface area contributed by atoms with Crippen LogP contribution in [0.5, 0.6) is 0 Å². The summed E-state index contributed by atoms with van der Waals surface area (Å²) in [6.45, 7) is 6.03. The van der Waals surface area contributed by atoms with E-state index in [1.807, 2.05) is 20.8 Å². The maximum Gasteiger partial charge on any atom is 0.417 e. The molecule has 0 saturated heterocycles. The second-order valence-electron chi connectivity index (χ2n) is 4.56. The third-order valence-corrected chi connectivity index (χ3v) is 2.66. The predicted molar refractivity (Wildman–Crippen MR) is 57.2 cm³/mol. The second kappa shape index (κ2) is 4.44. The van der Waals surface area contributed by atoms with Crippen molar-refractivity contribution in [1.29, 1.82) is 0 Å². The van der Waals surface area contributed by atoms with Gasteiger partial charge in [0.1, 0.15) is 0 Å². The Bertz CT molecular complexity index is 338. The molecule has 0 unspecified atom stereocenters. The number of nitrogens with zero attached hydrogens (tertiary/aromatic N) is 1. The lowest BCUT2D eigenvalue weighted by molar-refractivity contribution is -0.137. The molecule has 1 heterocycles. The summed E-state index contributed by atoms with van der Waals surface area (Å²) in [6.07, 6.45) is -1.51. The molecule has 1 rings (SSSR count). The van der Waals surface area contributed by atoms with Gasteiger partial charge in [0.15, 0.2) is 0 Å². The molecule has 0 N–H and O–H groups in total. The lowest BCUT2D eigenvalue weighted by Crippen LogP contribution is -2.19. The summed E-state index contributed by atoms with van der Waals surface area (Å²) >= 11 is 0. The van der Waals surface area contributed by atoms with Crippen LogP contribution < -0.4 is 0 Å². The normalized spacial score (nSPS) is 12.9. The summed E-state index contributed by atoms with van der Waals surface area (Å²) in [7, 11) is 0. The van der Waals surface area contributed by atoms with Crippen molar-refractivity contribution in [1.82, 2.24) is 4.98 Å². The maximum absolute atomic E-state index is 12.3. The first-order valence-corrected chi connectivity index (χ1v) is 5.31. The number of alkyl halides is 3. The van der Waals surface area contributed by atoms with Crippen molar-refractivity contribution in [2.75, 3.05) is 0 Å². The molecule has 0 spiro atoms. The van der Waals surface area contributed by atoms with Crippen LogP contribution in [0.4, 0.5) is 13.2 Å². The van der Waals surface area contributed by atoms with Gasteiger partial charge >= 0.3 is 6.18 Å². The summed E-state index contributed by atoms with van der Waals surface area (Å²) < 4.78 is 37.0. The third-order valence-electron chi connectivity index (χ3n) is 2.66. The van der Waals surface area contributed by atoms with E-state index in [1.165, 1.54) is 6.07 Å². The van der Waals surface area contributed by atoms with Crippen molar-refractivity contribution >= 4 is 0 Å². The van der Waals surface area contributed by atoms with Gasteiger partial charge in [0.2, 0.25) is 0 Å². The zero-order chi connectivity index (χ0) is 12.4. The Morgan fingerprint density at radius 3 is 2.19 bits per heavy atom. The fraction of sp³-hybridized carbons (Fsp3) is 0.583. The molecule has 0 aliphatic heterocycles. The summed E-state index contributed by atoms with van der Waals surface area (Å²) in [5.74, 6) is 0. The molecule has 1 nitrogen and oxygen atoms in total. The minimum Gasteiger partial charge on any atom is -0.260 e. The molecule has 0 saturated carbocycles. The maximum atomic E-state index is 12.3. The molecular weight excluding hydrogens is 215 g/mol. The zero-order valence-corrected chi connectivity index (χ0v) is 9.73. The Labute approximate surface area is 93.7 Å². The van der Waals surface area contributed by atoms with E-state index >= 15 is 0 Å². The van der Waals surface area contributed by atoms with Crippen molar-refractivity contribution in [2.45, 2.75) is 45.2 Å². The first-order valence-electron chi connectivity index (χ1n) is 5.31. The molecule has 1 aromatic rings. The molecule has 0 fully saturated rings. The van der Waals surface area contributed by atoms with Crippen LogP contribution in [0.15, 0.2) is 18.3 Å². The lowest BCUT2D eigenvalue weighted by atomic mass is 9.84. The van der Waals surface area contributed by atoms with Gasteiger partial charge in [-0.15, -0.1) is 0 Å². The number of halogens is 3. The Morgan fingerprint density at radius 1 is 1.19 bits per heavy atom. The smallest absolute Gasteiger partial charge is 0.260 e. The Morgan fingerprint density at radius 2 is 1.81 bits per heavy atom. The molecule has 1 aromatic heterocycles. The van der Waals surface area contributed by atoms with Gasteiger partial charge in [-0.25, -0.2) is 0 Å². The largest absolute Gasteiger partial charge is 0.417 e. The van der Waals surface area contributed by atoms with E-state index in [0.29, 0.717) is 5.69 Å². The fourth-order valence-electron chi connectivity index (χ4n) is 1.71. The standard InChI is InChI=1S/C12H16F3N/c1-4-7-11(2,3)10-6-5-9(8-16-10)12(13,14)15/h5-6,8H,4,7H2,1-3H3. The molecule has 0 aliphatic carbocycles. The Balaban J connectivity index is 2.95. The van der Waals surface area contributed by atoms with E-state index in [-0.39, 0.29) is 5.41 Å². The number of rotatable bonds is 3. The lowest BCUT2D eigenvalue weighted by Gasteiger charge is -2.23. The molecule has 0 bridgehead atoms. The van der Waals surface area contributed by atoms with E-state index in [0.717, 1.165) is 25.1 Å². The molecular formula is C12H16F3N. The summed E-state index contributed by atoms with van der Waals surface area (Å²) in [5, 5.41) is 0. The summed E-state index contributed by atoms with van der Waals surface area (Å²) in [5.41, 5.74) is -0.148. The number of hydrogen-bond donors (Lipinski definition) is 0. The van der Waals surface area contributed by atoms with Gasteiger partial charge in [0.05, 0.1) is 5.56 Å². The molecule has 0 amide bonds. The van der Waals surface area contributed by atoms with E-state index in [9.17, 15) is 13.2 Å². The molecule has 0 aliphatic rings. The van der Waals surface area contributed by atoms with E-state index in [2.05, 4.69) is 4.98 Å². The topological polar surface area (TPSA) is 12.9 Å². The molecule has 0 atom stereocenters. The Hall–Kier alpha value is -1.06. The average molecular weight is 231 g/mol. The first-order chi connectivity index (χ1) is 7.27. The molecule has 16 heavy (non-hydrogen) atoms. The van der Waals surface area contributed by atoms with E-state index < -0.39 is 11.7 Å². The quantitative estimate of drug-likeness (QED) is 0.760.